The van der Waals surface area contributed by atoms with Crippen LogP contribution in [0.15, 0.2) is 22.8 Å². The van der Waals surface area contributed by atoms with Crippen LogP contribution in [0.5, 0.6) is 0 Å². The van der Waals surface area contributed by atoms with Crippen molar-refractivity contribution in [2.24, 2.45) is 0 Å². The van der Waals surface area contributed by atoms with Gasteiger partial charge in [0, 0.05) is 17.8 Å². The van der Waals surface area contributed by atoms with E-state index in [1.165, 1.54) is 7.11 Å². The molecule has 2 rings (SSSR count). The Bertz CT molecular complexity index is 334. The van der Waals surface area contributed by atoms with Gasteiger partial charge in [0.05, 0.1) is 18.9 Å². The molecular formula is C8H9NO3. The van der Waals surface area contributed by atoms with Crippen LogP contribution < -0.4 is 0 Å². The van der Waals surface area contributed by atoms with Gasteiger partial charge in [-0.05, 0) is 0 Å². The summed E-state index contributed by atoms with van der Waals surface area (Å²) in [7, 11) is 1.48. The summed E-state index contributed by atoms with van der Waals surface area (Å²) >= 11 is 0. The molecule has 4 heteroatoms. The molecule has 0 atom stereocenters. The first-order valence-electron chi connectivity index (χ1n) is 3.61. The van der Waals surface area contributed by atoms with Gasteiger partial charge in [-0.1, -0.05) is 0 Å². The molecule has 0 aromatic carbocycles. The fourth-order valence-electron chi connectivity index (χ4n) is 1.10. The van der Waals surface area contributed by atoms with Crippen LogP contribution in [-0.2, 0) is 16.4 Å². The number of fused-ring (bicyclic) bond motifs is 1. The SMILES string of the molecule is COOCc1cc2occc2[nH]1. The first-order valence-corrected chi connectivity index (χ1v) is 3.61. The summed E-state index contributed by atoms with van der Waals surface area (Å²) in [5.74, 6) is 0. The monoisotopic (exact) mass is 167 g/mol. The highest BCUT2D eigenvalue weighted by Gasteiger charge is 2.02. The lowest BCUT2D eigenvalue weighted by Crippen LogP contribution is -1.90. The second-order valence-electron chi connectivity index (χ2n) is 2.42. The Morgan fingerprint density at radius 2 is 2.50 bits per heavy atom. The molecule has 1 N–H and O–H groups in total. The predicted octanol–water partition coefficient (Wildman–Crippen LogP) is 1.84. The van der Waals surface area contributed by atoms with Crippen LogP contribution in [0.2, 0.25) is 0 Å². The second-order valence-corrected chi connectivity index (χ2v) is 2.42. The molecule has 0 spiro atoms. The fraction of sp³-hybridized carbons (Fsp3) is 0.250. The third kappa shape index (κ3) is 1.22. The quantitative estimate of drug-likeness (QED) is 0.560. The maximum Gasteiger partial charge on any atom is 0.151 e. The van der Waals surface area contributed by atoms with Crippen molar-refractivity contribution < 1.29 is 14.2 Å². The van der Waals surface area contributed by atoms with Crippen molar-refractivity contribution in [1.82, 2.24) is 4.98 Å². The molecule has 0 aliphatic rings. The van der Waals surface area contributed by atoms with Crippen LogP contribution in [0.3, 0.4) is 0 Å². The standard InChI is InChI=1S/C8H9NO3/c1-10-12-5-6-4-8-7(9-6)2-3-11-8/h2-4,9H,5H2,1H3. The number of nitrogens with one attached hydrogen (secondary N) is 1. The maximum atomic E-state index is 5.15. The van der Waals surface area contributed by atoms with E-state index in [0.717, 1.165) is 16.8 Å². The van der Waals surface area contributed by atoms with E-state index >= 15 is 0 Å². The Kier molecular flexibility index (Phi) is 1.85. The van der Waals surface area contributed by atoms with Crippen LogP contribution in [0.1, 0.15) is 5.69 Å². The molecule has 2 aromatic heterocycles. The minimum atomic E-state index is 0.403. The number of rotatable bonds is 3. The minimum Gasteiger partial charge on any atom is -0.463 e. The molecule has 0 fully saturated rings. The largest absolute Gasteiger partial charge is 0.463 e. The van der Waals surface area contributed by atoms with Crippen molar-refractivity contribution in [3.05, 3.63) is 24.1 Å². The van der Waals surface area contributed by atoms with Crippen molar-refractivity contribution in [3.8, 4) is 0 Å². The number of aromatic amines is 1. The van der Waals surface area contributed by atoms with Crippen molar-refractivity contribution in [1.29, 1.82) is 0 Å². The molecule has 2 aromatic rings. The molecule has 64 valence electrons. The summed E-state index contributed by atoms with van der Waals surface area (Å²) in [5.41, 5.74) is 2.75. The van der Waals surface area contributed by atoms with Gasteiger partial charge in [-0.2, -0.15) is 0 Å². The lowest BCUT2D eigenvalue weighted by molar-refractivity contribution is -0.282. The van der Waals surface area contributed by atoms with Gasteiger partial charge < -0.3 is 9.40 Å². The van der Waals surface area contributed by atoms with Crippen LogP contribution >= 0.6 is 0 Å². The molecule has 0 aliphatic carbocycles. The molecule has 0 saturated carbocycles. The molecule has 0 radical (unpaired) electrons. The maximum absolute atomic E-state index is 5.15. The third-order valence-electron chi connectivity index (χ3n) is 1.63. The molecule has 0 amide bonds. The average molecular weight is 167 g/mol. The van der Waals surface area contributed by atoms with Crippen molar-refractivity contribution >= 4 is 11.1 Å². The Morgan fingerprint density at radius 1 is 1.58 bits per heavy atom. The number of furan rings is 1. The highest BCUT2D eigenvalue weighted by Crippen LogP contribution is 2.16. The minimum absolute atomic E-state index is 0.403. The van der Waals surface area contributed by atoms with E-state index < -0.39 is 0 Å². The van der Waals surface area contributed by atoms with Crippen LogP contribution in [0.25, 0.3) is 11.1 Å². The lowest BCUT2D eigenvalue weighted by atomic mass is 10.4. The smallest absolute Gasteiger partial charge is 0.151 e. The Morgan fingerprint density at radius 3 is 3.25 bits per heavy atom. The Hall–Kier alpha value is -1.26. The van der Waals surface area contributed by atoms with Gasteiger partial charge in [0.2, 0.25) is 0 Å². The van der Waals surface area contributed by atoms with E-state index in [1.807, 2.05) is 12.1 Å². The molecular weight excluding hydrogens is 158 g/mol. The summed E-state index contributed by atoms with van der Waals surface area (Å²) in [4.78, 5) is 12.3. The van der Waals surface area contributed by atoms with Crippen molar-refractivity contribution in [2.45, 2.75) is 6.61 Å². The highest BCUT2D eigenvalue weighted by molar-refractivity contribution is 5.73. The van der Waals surface area contributed by atoms with E-state index in [1.54, 1.807) is 6.26 Å². The Balaban J connectivity index is 2.21. The highest BCUT2D eigenvalue weighted by atomic mass is 17.2. The molecule has 0 unspecified atom stereocenters. The van der Waals surface area contributed by atoms with Gasteiger partial charge in [-0.15, -0.1) is 0 Å². The van der Waals surface area contributed by atoms with Gasteiger partial charge in [0.1, 0.15) is 6.61 Å². The fourth-order valence-corrected chi connectivity index (χ4v) is 1.10. The molecule has 2 heterocycles. The Labute approximate surface area is 69.0 Å². The van der Waals surface area contributed by atoms with Gasteiger partial charge in [-0.25, -0.2) is 9.78 Å². The van der Waals surface area contributed by atoms with Crippen LogP contribution in [0, 0.1) is 0 Å². The molecule has 4 nitrogen and oxygen atoms in total. The number of hydrogen-bond donors (Lipinski definition) is 1. The molecule has 0 aliphatic heterocycles. The van der Waals surface area contributed by atoms with E-state index in [9.17, 15) is 0 Å². The first kappa shape index (κ1) is 7.39. The second kappa shape index (κ2) is 3.00. The summed E-state index contributed by atoms with van der Waals surface area (Å²) in [6.45, 7) is 0.403. The number of H-pyrrole nitrogens is 1. The van der Waals surface area contributed by atoms with E-state index in [4.69, 9.17) is 9.30 Å². The van der Waals surface area contributed by atoms with Crippen LogP contribution in [0.4, 0.5) is 0 Å². The topological polar surface area (TPSA) is 47.4 Å². The van der Waals surface area contributed by atoms with E-state index in [2.05, 4.69) is 9.87 Å². The van der Waals surface area contributed by atoms with Gasteiger partial charge in [-0.3, -0.25) is 0 Å². The lowest BCUT2D eigenvalue weighted by Gasteiger charge is -1.94. The first-order chi connectivity index (χ1) is 5.90. The van der Waals surface area contributed by atoms with Gasteiger partial charge in [0.25, 0.3) is 0 Å². The molecule has 12 heavy (non-hydrogen) atoms. The molecule has 0 saturated heterocycles. The zero-order valence-corrected chi connectivity index (χ0v) is 6.66. The number of hydrogen-bond acceptors (Lipinski definition) is 3. The zero-order valence-electron chi connectivity index (χ0n) is 6.66. The normalized spacial score (nSPS) is 11.1. The zero-order chi connectivity index (χ0) is 8.39. The van der Waals surface area contributed by atoms with Gasteiger partial charge >= 0.3 is 0 Å². The van der Waals surface area contributed by atoms with Crippen molar-refractivity contribution in [3.63, 3.8) is 0 Å². The third-order valence-corrected chi connectivity index (χ3v) is 1.63. The van der Waals surface area contributed by atoms with Crippen molar-refractivity contribution in [2.75, 3.05) is 7.11 Å². The van der Waals surface area contributed by atoms with E-state index in [-0.39, 0.29) is 0 Å². The summed E-state index contributed by atoms with van der Waals surface area (Å²) in [6.07, 6.45) is 1.64. The van der Waals surface area contributed by atoms with E-state index in [0.29, 0.717) is 6.61 Å². The van der Waals surface area contributed by atoms with Crippen LogP contribution in [-0.4, -0.2) is 12.1 Å². The van der Waals surface area contributed by atoms with Gasteiger partial charge in [0.15, 0.2) is 5.58 Å². The summed E-state index contributed by atoms with van der Waals surface area (Å²) < 4.78 is 5.15. The average Bonchev–Trinajstić information content (AvgIpc) is 2.58. The summed E-state index contributed by atoms with van der Waals surface area (Å²) in [6, 6.07) is 3.75. The number of aromatic nitrogens is 1. The molecule has 0 bridgehead atoms. The summed E-state index contributed by atoms with van der Waals surface area (Å²) in [5, 5.41) is 0. The predicted molar refractivity (Wildman–Crippen MR) is 42.4 cm³/mol.